The van der Waals surface area contributed by atoms with Crippen molar-refractivity contribution in [2.75, 3.05) is 6.61 Å². The van der Waals surface area contributed by atoms with Crippen LogP contribution >= 0.6 is 0 Å². The van der Waals surface area contributed by atoms with Crippen molar-refractivity contribution in [3.8, 4) is 0 Å². The Morgan fingerprint density at radius 3 is 2.60 bits per heavy atom. The number of esters is 1. The van der Waals surface area contributed by atoms with Crippen molar-refractivity contribution in [2.45, 2.75) is 19.9 Å². The van der Waals surface area contributed by atoms with Crippen molar-refractivity contribution in [1.29, 1.82) is 0 Å². The van der Waals surface area contributed by atoms with Crippen LogP contribution in [0.15, 0.2) is 42.5 Å². The van der Waals surface area contributed by atoms with E-state index in [9.17, 15) is 9.59 Å². The average Bonchev–Trinajstić information content (AvgIpc) is 2.46. The number of hydrogen-bond donors (Lipinski definition) is 1. The normalized spacial score (nSPS) is 11.9. The highest BCUT2D eigenvalue weighted by Gasteiger charge is 2.18. The molecule has 104 valence electrons. The number of carbonyl (C=O) groups is 2. The molecule has 0 heterocycles. The van der Waals surface area contributed by atoms with Crippen LogP contribution in [0.25, 0.3) is 10.8 Å². The van der Waals surface area contributed by atoms with Gasteiger partial charge in [0.1, 0.15) is 0 Å². The number of fused-ring (bicyclic) bond motifs is 1. The molecule has 0 bridgehead atoms. The second-order valence-corrected chi connectivity index (χ2v) is 4.48. The number of hydrogen-bond acceptors (Lipinski definition) is 3. The summed E-state index contributed by atoms with van der Waals surface area (Å²) in [5, 5.41) is 4.82. The molecule has 0 aliphatic carbocycles. The Morgan fingerprint density at radius 1 is 1.15 bits per heavy atom. The predicted octanol–water partition coefficient (Wildman–Crippen LogP) is 2.58. The summed E-state index contributed by atoms with van der Waals surface area (Å²) in [6, 6.07) is 13.6. The molecule has 0 spiro atoms. The van der Waals surface area contributed by atoms with E-state index in [1.807, 2.05) is 49.4 Å². The average molecular weight is 271 g/mol. The molecule has 0 saturated heterocycles. The molecular formula is C16H17NO3. The van der Waals surface area contributed by atoms with Crippen LogP contribution in [0.3, 0.4) is 0 Å². The third kappa shape index (κ3) is 2.96. The molecule has 0 aliphatic rings. The number of carbonyl (C=O) groups excluding carboxylic acids is 2. The lowest BCUT2D eigenvalue weighted by Gasteiger charge is -2.16. The molecule has 4 heteroatoms. The molecular weight excluding hydrogens is 254 g/mol. The molecule has 0 aliphatic heterocycles. The third-order valence-corrected chi connectivity index (χ3v) is 3.10. The number of rotatable bonds is 3. The SMILES string of the molecule is CCOC(=O)C(=O)NC(C)c1cccc2ccccc12. The van der Waals surface area contributed by atoms with Gasteiger partial charge in [-0.2, -0.15) is 0 Å². The van der Waals surface area contributed by atoms with Gasteiger partial charge in [-0.05, 0) is 30.2 Å². The fraction of sp³-hybridized carbons (Fsp3) is 0.250. The van der Waals surface area contributed by atoms with Gasteiger partial charge in [-0.15, -0.1) is 0 Å². The topological polar surface area (TPSA) is 55.4 Å². The standard InChI is InChI=1S/C16H17NO3/c1-3-20-16(19)15(18)17-11(2)13-10-6-8-12-7-4-5-9-14(12)13/h4-11H,3H2,1-2H3,(H,17,18). The summed E-state index contributed by atoms with van der Waals surface area (Å²) in [6.45, 7) is 3.70. The summed E-state index contributed by atoms with van der Waals surface area (Å²) >= 11 is 0. The van der Waals surface area contributed by atoms with Crippen LogP contribution in [-0.4, -0.2) is 18.5 Å². The lowest BCUT2D eigenvalue weighted by Crippen LogP contribution is -2.34. The second-order valence-electron chi connectivity index (χ2n) is 4.48. The van der Waals surface area contributed by atoms with Crippen molar-refractivity contribution in [1.82, 2.24) is 5.32 Å². The molecule has 0 radical (unpaired) electrons. The van der Waals surface area contributed by atoms with Crippen LogP contribution in [-0.2, 0) is 14.3 Å². The van der Waals surface area contributed by atoms with Crippen molar-refractivity contribution < 1.29 is 14.3 Å². The molecule has 4 nitrogen and oxygen atoms in total. The molecule has 1 amide bonds. The van der Waals surface area contributed by atoms with Crippen LogP contribution in [0.2, 0.25) is 0 Å². The van der Waals surface area contributed by atoms with E-state index in [-0.39, 0.29) is 12.6 Å². The largest absolute Gasteiger partial charge is 0.459 e. The van der Waals surface area contributed by atoms with Gasteiger partial charge in [0.15, 0.2) is 0 Å². The van der Waals surface area contributed by atoms with Gasteiger partial charge in [0.05, 0.1) is 12.6 Å². The van der Waals surface area contributed by atoms with Gasteiger partial charge in [-0.25, -0.2) is 4.79 Å². The summed E-state index contributed by atoms with van der Waals surface area (Å²) in [4.78, 5) is 23.0. The third-order valence-electron chi connectivity index (χ3n) is 3.10. The van der Waals surface area contributed by atoms with E-state index in [1.165, 1.54) is 0 Å². The van der Waals surface area contributed by atoms with Gasteiger partial charge in [-0.3, -0.25) is 4.79 Å². The van der Waals surface area contributed by atoms with E-state index in [0.717, 1.165) is 16.3 Å². The van der Waals surface area contributed by atoms with E-state index in [0.29, 0.717) is 0 Å². The monoisotopic (exact) mass is 271 g/mol. The molecule has 1 atom stereocenters. The zero-order valence-corrected chi connectivity index (χ0v) is 11.6. The first-order valence-corrected chi connectivity index (χ1v) is 6.58. The quantitative estimate of drug-likeness (QED) is 0.689. The maximum atomic E-state index is 11.7. The van der Waals surface area contributed by atoms with Crippen LogP contribution in [0.5, 0.6) is 0 Å². The zero-order valence-electron chi connectivity index (χ0n) is 11.6. The van der Waals surface area contributed by atoms with Crippen molar-refractivity contribution in [3.63, 3.8) is 0 Å². The van der Waals surface area contributed by atoms with Crippen LogP contribution in [0, 0.1) is 0 Å². The Bertz CT molecular complexity index is 631. The number of nitrogens with one attached hydrogen (secondary N) is 1. The number of amides is 1. The first-order valence-electron chi connectivity index (χ1n) is 6.58. The lowest BCUT2D eigenvalue weighted by molar-refractivity contribution is -0.154. The fourth-order valence-electron chi connectivity index (χ4n) is 2.16. The van der Waals surface area contributed by atoms with E-state index in [4.69, 9.17) is 0 Å². The van der Waals surface area contributed by atoms with Gasteiger partial charge in [-0.1, -0.05) is 42.5 Å². The highest BCUT2D eigenvalue weighted by molar-refractivity contribution is 6.32. The summed E-state index contributed by atoms with van der Waals surface area (Å²) in [5.41, 5.74) is 0.973. The van der Waals surface area contributed by atoms with Crippen LogP contribution < -0.4 is 5.32 Å². The molecule has 0 saturated carbocycles. The molecule has 1 N–H and O–H groups in total. The van der Waals surface area contributed by atoms with Gasteiger partial charge < -0.3 is 10.1 Å². The highest BCUT2D eigenvalue weighted by Crippen LogP contribution is 2.23. The van der Waals surface area contributed by atoms with E-state index in [1.54, 1.807) is 6.92 Å². The van der Waals surface area contributed by atoms with Gasteiger partial charge in [0.2, 0.25) is 0 Å². The van der Waals surface area contributed by atoms with Crippen molar-refractivity contribution in [2.24, 2.45) is 0 Å². The second kappa shape index (κ2) is 6.19. The molecule has 0 aromatic heterocycles. The summed E-state index contributed by atoms with van der Waals surface area (Å²) in [6.07, 6.45) is 0. The molecule has 1 unspecified atom stereocenters. The van der Waals surface area contributed by atoms with Crippen LogP contribution in [0.1, 0.15) is 25.5 Å². The number of benzene rings is 2. The lowest BCUT2D eigenvalue weighted by atomic mass is 10.00. The fourth-order valence-corrected chi connectivity index (χ4v) is 2.16. The molecule has 2 rings (SSSR count). The smallest absolute Gasteiger partial charge is 0.396 e. The zero-order chi connectivity index (χ0) is 14.5. The minimum absolute atomic E-state index is 0.189. The van der Waals surface area contributed by atoms with E-state index < -0.39 is 11.9 Å². The molecule has 20 heavy (non-hydrogen) atoms. The van der Waals surface area contributed by atoms with Gasteiger partial charge in [0.25, 0.3) is 0 Å². The van der Waals surface area contributed by atoms with E-state index >= 15 is 0 Å². The maximum absolute atomic E-state index is 11.7. The summed E-state index contributed by atoms with van der Waals surface area (Å²) in [7, 11) is 0. The molecule has 2 aromatic carbocycles. The van der Waals surface area contributed by atoms with Gasteiger partial charge >= 0.3 is 11.9 Å². The van der Waals surface area contributed by atoms with Gasteiger partial charge in [0, 0.05) is 0 Å². The van der Waals surface area contributed by atoms with Crippen molar-refractivity contribution in [3.05, 3.63) is 48.0 Å². The first-order chi connectivity index (χ1) is 9.63. The number of ether oxygens (including phenoxy) is 1. The predicted molar refractivity (Wildman–Crippen MR) is 77.1 cm³/mol. The van der Waals surface area contributed by atoms with Crippen molar-refractivity contribution >= 4 is 22.6 Å². The molecule has 0 fully saturated rings. The Labute approximate surface area is 117 Å². The first kappa shape index (κ1) is 14.1. The highest BCUT2D eigenvalue weighted by atomic mass is 16.5. The Morgan fingerprint density at radius 2 is 1.85 bits per heavy atom. The Hall–Kier alpha value is -2.36. The minimum Gasteiger partial charge on any atom is -0.459 e. The molecule has 2 aromatic rings. The Kier molecular flexibility index (Phi) is 4.35. The Balaban J connectivity index is 2.21. The minimum atomic E-state index is -0.848. The van der Waals surface area contributed by atoms with Crippen LogP contribution in [0.4, 0.5) is 0 Å². The summed E-state index contributed by atoms with van der Waals surface area (Å²) < 4.78 is 4.68. The summed E-state index contributed by atoms with van der Waals surface area (Å²) in [5.74, 6) is -1.56. The van der Waals surface area contributed by atoms with E-state index in [2.05, 4.69) is 10.1 Å². The maximum Gasteiger partial charge on any atom is 0.396 e.